The Hall–Kier alpha value is -2.78. The minimum atomic E-state index is -4.02. The number of methoxy groups -OCH3 is 2. The van der Waals surface area contributed by atoms with Crippen molar-refractivity contribution < 1.29 is 22.7 Å². The highest BCUT2D eigenvalue weighted by atomic mass is 32.2. The Bertz CT molecular complexity index is 989. The molecular formula is C23H31N3O5S. The topological polar surface area (TPSA) is 88.2 Å². The molecule has 1 saturated heterocycles. The summed E-state index contributed by atoms with van der Waals surface area (Å²) in [7, 11) is -1.04. The van der Waals surface area contributed by atoms with Crippen molar-refractivity contribution in [3.05, 3.63) is 48.5 Å². The fourth-order valence-corrected chi connectivity index (χ4v) is 5.16. The van der Waals surface area contributed by atoms with Crippen LogP contribution in [0.4, 0.5) is 5.69 Å². The molecule has 0 unspecified atom stereocenters. The fourth-order valence-electron chi connectivity index (χ4n) is 3.73. The van der Waals surface area contributed by atoms with Gasteiger partial charge in [0.25, 0.3) is 10.0 Å². The Labute approximate surface area is 190 Å². The molecule has 32 heavy (non-hydrogen) atoms. The number of sulfonamides is 1. The first-order chi connectivity index (χ1) is 15.5. The summed E-state index contributed by atoms with van der Waals surface area (Å²) in [6.45, 7) is 3.29. The van der Waals surface area contributed by atoms with Gasteiger partial charge in [0.15, 0.2) is 0 Å². The number of rotatable bonds is 11. The van der Waals surface area contributed by atoms with E-state index in [0.717, 1.165) is 30.4 Å². The molecule has 1 N–H and O–H groups in total. The van der Waals surface area contributed by atoms with Crippen LogP contribution in [0.5, 0.6) is 11.5 Å². The third-order valence-corrected chi connectivity index (χ3v) is 7.23. The van der Waals surface area contributed by atoms with Crippen LogP contribution >= 0.6 is 0 Å². The second-order valence-electron chi connectivity index (χ2n) is 7.61. The van der Waals surface area contributed by atoms with Gasteiger partial charge in [-0.05, 0) is 75.3 Å². The summed E-state index contributed by atoms with van der Waals surface area (Å²) in [5.41, 5.74) is 0.304. The van der Waals surface area contributed by atoms with Crippen LogP contribution in [-0.4, -0.2) is 66.2 Å². The summed E-state index contributed by atoms with van der Waals surface area (Å²) in [6, 6.07) is 12.8. The van der Waals surface area contributed by atoms with E-state index >= 15 is 0 Å². The molecule has 3 rings (SSSR count). The Balaban J connectivity index is 1.76. The van der Waals surface area contributed by atoms with E-state index in [1.807, 2.05) is 0 Å². The molecule has 0 aliphatic carbocycles. The highest BCUT2D eigenvalue weighted by Crippen LogP contribution is 2.32. The van der Waals surface area contributed by atoms with Crippen LogP contribution in [0.3, 0.4) is 0 Å². The van der Waals surface area contributed by atoms with Crippen molar-refractivity contribution >= 4 is 21.6 Å². The normalized spacial score (nSPS) is 14.2. The number of nitrogens with one attached hydrogen (secondary N) is 1. The lowest BCUT2D eigenvalue weighted by Gasteiger charge is -2.25. The van der Waals surface area contributed by atoms with Crippen LogP contribution < -0.4 is 19.1 Å². The standard InChI is InChI=1S/C23H31N3O5S/c1-30-19-10-12-20(13-11-19)32(28,29)26(21-8-3-4-9-22(21)31-2)18-23(27)24-14-7-17-25-15-5-6-16-25/h3-4,8-13H,5-7,14-18H2,1-2H3,(H,24,27). The van der Waals surface area contributed by atoms with Crippen molar-refractivity contribution in [3.8, 4) is 11.5 Å². The molecule has 1 aliphatic heterocycles. The Morgan fingerprint density at radius 1 is 1.03 bits per heavy atom. The number of hydrogen-bond donors (Lipinski definition) is 1. The summed E-state index contributed by atoms with van der Waals surface area (Å²) < 4.78 is 38.5. The van der Waals surface area contributed by atoms with Gasteiger partial charge in [-0.2, -0.15) is 0 Å². The smallest absolute Gasteiger partial charge is 0.264 e. The van der Waals surface area contributed by atoms with E-state index in [4.69, 9.17) is 9.47 Å². The zero-order valence-electron chi connectivity index (χ0n) is 18.6. The number of benzene rings is 2. The van der Waals surface area contributed by atoms with E-state index in [9.17, 15) is 13.2 Å². The summed E-state index contributed by atoms with van der Waals surface area (Å²) in [5.74, 6) is 0.546. The number of nitrogens with zero attached hydrogens (tertiary/aromatic N) is 2. The number of carbonyl (C=O) groups is 1. The lowest BCUT2D eigenvalue weighted by molar-refractivity contribution is -0.119. The number of para-hydroxylation sites is 2. The molecule has 8 nitrogen and oxygen atoms in total. The van der Waals surface area contributed by atoms with Crippen LogP contribution in [0.15, 0.2) is 53.4 Å². The van der Waals surface area contributed by atoms with E-state index in [1.165, 1.54) is 39.2 Å². The Kier molecular flexibility index (Phi) is 8.35. The van der Waals surface area contributed by atoms with Gasteiger partial charge in [-0.25, -0.2) is 8.42 Å². The molecule has 9 heteroatoms. The summed E-state index contributed by atoms with van der Waals surface area (Å²) in [5, 5.41) is 2.85. The van der Waals surface area contributed by atoms with Gasteiger partial charge in [0.2, 0.25) is 5.91 Å². The second kappa shape index (κ2) is 11.2. The maximum atomic E-state index is 13.5. The summed E-state index contributed by atoms with van der Waals surface area (Å²) >= 11 is 0. The predicted molar refractivity (Wildman–Crippen MR) is 124 cm³/mol. The van der Waals surface area contributed by atoms with Gasteiger partial charge in [-0.1, -0.05) is 12.1 Å². The molecular weight excluding hydrogens is 430 g/mol. The lowest BCUT2D eigenvalue weighted by Crippen LogP contribution is -2.41. The third-order valence-electron chi connectivity index (χ3n) is 5.46. The quantitative estimate of drug-likeness (QED) is 0.518. The Morgan fingerprint density at radius 2 is 1.72 bits per heavy atom. The highest BCUT2D eigenvalue weighted by molar-refractivity contribution is 7.92. The number of carbonyl (C=O) groups excluding carboxylic acids is 1. The molecule has 1 amide bonds. The van der Waals surface area contributed by atoms with E-state index in [2.05, 4.69) is 10.2 Å². The van der Waals surface area contributed by atoms with E-state index in [0.29, 0.717) is 23.7 Å². The second-order valence-corrected chi connectivity index (χ2v) is 9.47. The van der Waals surface area contributed by atoms with Crippen LogP contribution in [0, 0.1) is 0 Å². The predicted octanol–water partition coefficient (Wildman–Crippen LogP) is 2.50. The maximum Gasteiger partial charge on any atom is 0.264 e. The number of anilines is 1. The minimum absolute atomic E-state index is 0.0611. The minimum Gasteiger partial charge on any atom is -0.497 e. The van der Waals surface area contributed by atoms with Gasteiger partial charge in [-0.15, -0.1) is 0 Å². The van der Waals surface area contributed by atoms with Crippen molar-refractivity contribution in [2.24, 2.45) is 0 Å². The number of hydrogen-bond acceptors (Lipinski definition) is 6. The Morgan fingerprint density at radius 3 is 2.38 bits per heavy atom. The van der Waals surface area contributed by atoms with Gasteiger partial charge < -0.3 is 19.7 Å². The molecule has 1 heterocycles. The molecule has 2 aromatic rings. The van der Waals surface area contributed by atoms with Crippen LogP contribution in [0.25, 0.3) is 0 Å². The monoisotopic (exact) mass is 461 g/mol. The van der Waals surface area contributed by atoms with Crippen molar-refractivity contribution in [2.75, 3.05) is 51.2 Å². The fraction of sp³-hybridized carbons (Fsp3) is 0.435. The van der Waals surface area contributed by atoms with Gasteiger partial charge in [-0.3, -0.25) is 9.10 Å². The van der Waals surface area contributed by atoms with Crippen molar-refractivity contribution in [2.45, 2.75) is 24.2 Å². The van der Waals surface area contributed by atoms with Gasteiger partial charge >= 0.3 is 0 Å². The van der Waals surface area contributed by atoms with Crippen molar-refractivity contribution in [1.29, 1.82) is 0 Å². The molecule has 0 aromatic heterocycles. The molecule has 1 fully saturated rings. The maximum absolute atomic E-state index is 13.5. The SMILES string of the molecule is COc1ccc(S(=O)(=O)N(CC(=O)NCCCN2CCCC2)c2ccccc2OC)cc1. The average Bonchev–Trinajstić information content (AvgIpc) is 3.34. The molecule has 0 spiro atoms. The van der Waals surface area contributed by atoms with Crippen molar-refractivity contribution in [3.63, 3.8) is 0 Å². The van der Waals surface area contributed by atoms with Gasteiger partial charge in [0.05, 0.1) is 24.8 Å². The number of amides is 1. The molecule has 0 bridgehead atoms. The van der Waals surface area contributed by atoms with E-state index in [-0.39, 0.29) is 17.3 Å². The molecule has 0 saturated carbocycles. The van der Waals surface area contributed by atoms with Crippen LogP contribution in [0.2, 0.25) is 0 Å². The van der Waals surface area contributed by atoms with Crippen LogP contribution in [0.1, 0.15) is 19.3 Å². The third kappa shape index (κ3) is 5.92. The number of ether oxygens (including phenoxy) is 2. The van der Waals surface area contributed by atoms with Crippen LogP contribution in [-0.2, 0) is 14.8 Å². The molecule has 0 radical (unpaired) electrons. The lowest BCUT2D eigenvalue weighted by atomic mass is 10.3. The van der Waals surface area contributed by atoms with Gasteiger partial charge in [0.1, 0.15) is 18.0 Å². The average molecular weight is 462 g/mol. The zero-order valence-corrected chi connectivity index (χ0v) is 19.4. The van der Waals surface area contributed by atoms with E-state index in [1.54, 1.807) is 36.4 Å². The first-order valence-electron chi connectivity index (χ1n) is 10.7. The highest BCUT2D eigenvalue weighted by Gasteiger charge is 2.29. The molecule has 2 aromatic carbocycles. The summed E-state index contributed by atoms with van der Waals surface area (Å²) in [4.78, 5) is 15.1. The zero-order chi connectivity index (χ0) is 23.0. The molecule has 1 aliphatic rings. The first-order valence-corrected chi connectivity index (χ1v) is 12.2. The van der Waals surface area contributed by atoms with Gasteiger partial charge in [0, 0.05) is 6.54 Å². The summed E-state index contributed by atoms with van der Waals surface area (Å²) in [6.07, 6.45) is 3.28. The largest absolute Gasteiger partial charge is 0.497 e. The molecule has 0 atom stereocenters. The number of likely N-dealkylation sites (tertiary alicyclic amines) is 1. The van der Waals surface area contributed by atoms with Crippen molar-refractivity contribution in [1.82, 2.24) is 10.2 Å². The molecule has 174 valence electrons. The first kappa shape index (κ1) is 23.9. The van der Waals surface area contributed by atoms with E-state index < -0.39 is 10.0 Å².